The summed E-state index contributed by atoms with van der Waals surface area (Å²) in [6.45, 7) is 7.36. The molecule has 1 N–H and O–H groups in total. The fourth-order valence-corrected chi connectivity index (χ4v) is 3.49. The minimum atomic E-state index is -0.377. The third-order valence-electron chi connectivity index (χ3n) is 3.28. The van der Waals surface area contributed by atoms with Gasteiger partial charge in [0.05, 0.1) is 0 Å². The summed E-state index contributed by atoms with van der Waals surface area (Å²) in [5, 5.41) is 3.80. The van der Waals surface area contributed by atoms with E-state index < -0.39 is 0 Å². The van der Waals surface area contributed by atoms with Gasteiger partial charge >= 0.3 is 0 Å². The summed E-state index contributed by atoms with van der Waals surface area (Å²) in [7, 11) is 0. The Morgan fingerprint density at radius 3 is 2.50 bits per heavy atom. The van der Waals surface area contributed by atoms with Crippen LogP contribution in [0.25, 0.3) is 0 Å². The molecule has 0 saturated heterocycles. The summed E-state index contributed by atoms with van der Waals surface area (Å²) >= 11 is 1.45. The maximum Gasteiger partial charge on any atom is 0.136 e. The van der Waals surface area contributed by atoms with Crippen LogP contribution in [0, 0.1) is 11.6 Å². The molecule has 0 aliphatic rings. The van der Waals surface area contributed by atoms with E-state index in [0.29, 0.717) is 10.9 Å². The van der Waals surface area contributed by atoms with Gasteiger partial charge in [0.1, 0.15) is 11.6 Å². The molecular weight excluding hydrogens is 276 g/mol. The molecule has 4 heteroatoms. The second-order valence-electron chi connectivity index (χ2n) is 4.99. The van der Waals surface area contributed by atoms with Gasteiger partial charge in [-0.05, 0) is 44.0 Å². The molecule has 114 valence electrons. The predicted molar refractivity (Wildman–Crippen MR) is 83.3 cm³/mol. The fraction of sp³-hybridized carbons (Fsp3) is 0.625. The van der Waals surface area contributed by atoms with Gasteiger partial charge in [0.25, 0.3) is 0 Å². The molecule has 1 aromatic rings. The van der Waals surface area contributed by atoms with E-state index in [1.807, 2.05) is 0 Å². The minimum Gasteiger partial charge on any atom is -0.313 e. The monoisotopic (exact) mass is 301 g/mol. The van der Waals surface area contributed by atoms with Crippen LogP contribution in [-0.2, 0) is 0 Å². The fourth-order valence-electron chi connectivity index (χ4n) is 2.24. The van der Waals surface area contributed by atoms with Crippen LogP contribution in [0.5, 0.6) is 0 Å². The minimum absolute atomic E-state index is 0.262. The van der Waals surface area contributed by atoms with Gasteiger partial charge in [-0.3, -0.25) is 0 Å². The highest BCUT2D eigenvalue weighted by Gasteiger charge is 2.21. The van der Waals surface area contributed by atoms with Crippen molar-refractivity contribution in [1.82, 2.24) is 5.32 Å². The van der Waals surface area contributed by atoms with Crippen LogP contribution in [0.15, 0.2) is 23.1 Å². The maximum absolute atomic E-state index is 13.8. The van der Waals surface area contributed by atoms with Crippen molar-refractivity contribution >= 4 is 11.8 Å². The standard InChI is InChI=1S/C16H25F2NS/c1-4-7-14(19-10-5-2)15(6-3)20-16-11-12(17)8-9-13(16)18/h8-9,11,14-15,19H,4-7,10H2,1-3H3. The van der Waals surface area contributed by atoms with Crippen molar-refractivity contribution in [1.29, 1.82) is 0 Å². The smallest absolute Gasteiger partial charge is 0.136 e. The average molecular weight is 301 g/mol. The molecule has 0 fully saturated rings. The lowest BCUT2D eigenvalue weighted by molar-refractivity contribution is 0.454. The van der Waals surface area contributed by atoms with Gasteiger partial charge in [0.2, 0.25) is 0 Å². The number of benzene rings is 1. The highest BCUT2D eigenvalue weighted by atomic mass is 32.2. The SMILES string of the molecule is CCCNC(CCC)C(CC)Sc1cc(F)ccc1F. The third kappa shape index (κ3) is 5.41. The van der Waals surface area contributed by atoms with Gasteiger partial charge in [0.15, 0.2) is 0 Å². The Morgan fingerprint density at radius 2 is 1.90 bits per heavy atom. The molecule has 2 unspecified atom stereocenters. The first kappa shape index (κ1) is 17.4. The van der Waals surface area contributed by atoms with Crippen LogP contribution in [0.4, 0.5) is 8.78 Å². The molecule has 0 aliphatic carbocycles. The van der Waals surface area contributed by atoms with Crippen LogP contribution in [0.3, 0.4) is 0 Å². The lowest BCUT2D eigenvalue weighted by atomic mass is 10.1. The summed E-state index contributed by atoms with van der Waals surface area (Å²) in [5.74, 6) is -0.710. The Morgan fingerprint density at radius 1 is 1.15 bits per heavy atom. The number of rotatable bonds is 9. The van der Waals surface area contributed by atoms with Gasteiger partial charge in [-0.2, -0.15) is 0 Å². The summed E-state index contributed by atoms with van der Waals surface area (Å²) < 4.78 is 27.0. The number of hydrogen-bond acceptors (Lipinski definition) is 2. The molecule has 0 heterocycles. The lowest BCUT2D eigenvalue weighted by Crippen LogP contribution is -2.38. The molecule has 1 rings (SSSR count). The molecule has 1 nitrogen and oxygen atoms in total. The van der Waals surface area contributed by atoms with Crippen molar-refractivity contribution in [2.24, 2.45) is 0 Å². The largest absolute Gasteiger partial charge is 0.313 e. The van der Waals surface area contributed by atoms with Crippen LogP contribution >= 0.6 is 11.8 Å². The zero-order valence-electron chi connectivity index (χ0n) is 12.6. The van der Waals surface area contributed by atoms with E-state index in [4.69, 9.17) is 0 Å². The number of thioether (sulfide) groups is 1. The molecular formula is C16H25F2NS. The Bertz CT molecular complexity index is 398. The van der Waals surface area contributed by atoms with Crippen LogP contribution in [0.1, 0.15) is 46.5 Å². The van der Waals surface area contributed by atoms with Crippen LogP contribution in [0.2, 0.25) is 0 Å². The van der Waals surface area contributed by atoms with Crippen molar-refractivity contribution in [2.75, 3.05) is 6.54 Å². The predicted octanol–water partition coefficient (Wildman–Crippen LogP) is 5.00. The number of nitrogens with one attached hydrogen (secondary N) is 1. The van der Waals surface area contributed by atoms with Crippen molar-refractivity contribution in [3.05, 3.63) is 29.8 Å². The summed E-state index contributed by atoms with van der Waals surface area (Å²) in [4.78, 5) is 0.413. The first-order valence-electron chi connectivity index (χ1n) is 7.47. The van der Waals surface area contributed by atoms with E-state index >= 15 is 0 Å². The Hall–Kier alpha value is -0.610. The second-order valence-corrected chi connectivity index (χ2v) is 6.27. The Kier molecular flexibility index (Phi) is 8.15. The summed E-state index contributed by atoms with van der Waals surface area (Å²) in [6, 6.07) is 4.02. The summed E-state index contributed by atoms with van der Waals surface area (Å²) in [5.41, 5.74) is 0. The van der Waals surface area contributed by atoms with Crippen LogP contribution < -0.4 is 5.32 Å². The zero-order chi connectivity index (χ0) is 15.0. The van der Waals surface area contributed by atoms with Gasteiger partial charge in [-0.1, -0.05) is 27.2 Å². The number of hydrogen-bond donors (Lipinski definition) is 1. The number of halogens is 2. The van der Waals surface area contributed by atoms with Gasteiger partial charge < -0.3 is 5.32 Å². The first-order chi connectivity index (χ1) is 9.62. The van der Waals surface area contributed by atoms with E-state index in [1.54, 1.807) is 0 Å². The maximum atomic E-state index is 13.8. The molecule has 0 aromatic heterocycles. The normalized spacial score (nSPS) is 14.2. The van der Waals surface area contributed by atoms with Crippen molar-refractivity contribution in [2.45, 2.75) is 62.6 Å². The first-order valence-corrected chi connectivity index (χ1v) is 8.35. The molecule has 0 amide bonds. The van der Waals surface area contributed by atoms with Crippen molar-refractivity contribution in [3.8, 4) is 0 Å². The highest BCUT2D eigenvalue weighted by Crippen LogP contribution is 2.31. The highest BCUT2D eigenvalue weighted by molar-refractivity contribution is 8.00. The molecule has 20 heavy (non-hydrogen) atoms. The molecule has 0 radical (unpaired) electrons. The average Bonchev–Trinajstić information content (AvgIpc) is 2.44. The molecule has 0 saturated carbocycles. The molecule has 0 spiro atoms. The second kappa shape index (κ2) is 9.35. The van der Waals surface area contributed by atoms with Gasteiger partial charge in [0, 0.05) is 16.2 Å². The summed E-state index contributed by atoms with van der Waals surface area (Å²) in [6.07, 6.45) is 4.16. The molecule has 0 bridgehead atoms. The van der Waals surface area contributed by atoms with E-state index in [0.717, 1.165) is 32.2 Å². The third-order valence-corrected chi connectivity index (χ3v) is 4.81. The zero-order valence-corrected chi connectivity index (χ0v) is 13.4. The van der Waals surface area contributed by atoms with Crippen molar-refractivity contribution < 1.29 is 8.78 Å². The van der Waals surface area contributed by atoms with E-state index in [2.05, 4.69) is 26.1 Å². The van der Waals surface area contributed by atoms with E-state index in [1.165, 1.54) is 30.0 Å². The van der Waals surface area contributed by atoms with Gasteiger partial charge in [-0.15, -0.1) is 11.8 Å². The molecule has 0 aliphatic heterocycles. The topological polar surface area (TPSA) is 12.0 Å². The van der Waals surface area contributed by atoms with Crippen molar-refractivity contribution in [3.63, 3.8) is 0 Å². The van der Waals surface area contributed by atoms with Crippen LogP contribution in [-0.4, -0.2) is 17.8 Å². The Labute approximate surface area is 125 Å². The molecule has 1 aromatic carbocycles. The Balaban J connectivity index is 2.79. The quantitative estimate of drug-likeness (QED) is 0.644. The van der Waals surface area contributed by atoms with Gasteiger partial charge in [-0.25, -0.2) is 8.78 Å². The lowest BCUT2D eigenvalue weighted by Gasteiger charge is -2.27. The van der Waals surface area contributed by atoms with E-state index in [9.17, 15) is 8.78 Å². The van der Waals surface area contributed by atoms with E-state index in [-0.39, 0.29) is 16.9 Å². The molecule has 2 atom stereocenters.